The number of amides is 2. The second-order valence-electron chi connectivity index (χ2n) is 6.86. The molecule has 0 radical (unpaired) electrons. The van der Waals surface area contributed by atoms with E-state index in [9.17, 15) is 9.59 Å². The lowest BCUT2D eigenvalue weighted by Crippen LogP contribution is -2.58. The number of rotatable bonds is 3. The van der Waals surface area contributed by atoms with Gasteiger partial charge in [-0.05, 0) is 18.9 Å². The van der Waals surface area contributed by atoms with E-state index in [-0.39, 0.29) is 17.9 Å². The van der Waals surface area contributed by atoms with Gasteiger partial charge in [-0.15, -0.1) is 0 Å². The van der Waals surface area contributed by atoms with Gasteiger partial charge in [0, 0.05) is 46.0 Å². The Kier molecular flexibility index (Phi) is 4.50. The number of aromatic nitrogens is 2. The van der Waals surface area contributed by atoms with E-state index in [4.69, 9.17) is 4.42 Å². The number of hydrogen-bond acceptors (Lipinski definition) is 5. The van der Waals surface area contributed by atoms with Crippen LogP contribution < -0.4 is 4.90 Å². The fourth-order valence-electron chi connectivity index (χ4n) is 3.80. The van der Waals surface area contributed by atoms with Crippen LogP contribution in [0.4, 0.5) is 5.69 Å². The highest BCUT2D eigenvalue weighted by Gasteiger charge is 2.36. The third-order valence-electron chi connectivity index (χ3n) is 5.22. The van der Waals surface area contributed by atoms with Crippen LogP contribution in [0.3, 0.4) is 0 Å². The zero-order chi connectivity index (χ0) is 18.1. The molecule has 1 unspecified atom stereocenters. The molecule has 8 nitrogen and oxygen atoms in total. The molecular weight excluding hydrogens is 334 g/mol. The summed E-state index contributed by atoms with van der Waals surface area (Å²) in [5, 5.41) is 4.17. The lowest BCUT2D eigenvalue weighted by molar-refractivity contribution is -0.126. The van der Waals surface area contributed by atoms with Gasteiger partial charge in [0.05, 0.1) is 29.8 Å². The van der Waals surface area contributed by atoms with Crippen LogP contribution in [0.15, 0.2) is 35.4 Å². The van der Waals surface area contributed by atoms with Crippen molar-refractivity contribution >= 4 is 17.5 Å². The predicted molar refractivity (Wildman–Crippen MR) is 94.8 cm³/mol. The third-order valence-corrected chi connectivity index (χ3v) is 5.22. The predicted octanol–water partition coefficient (Wildman–Crippen LogP) is 0.966. The minimum absolute atomic E-state index is 0.00893. The average molecular weight is 357 g/mol. The lowest BCUT2D eigenvalue weighted by atomic mass is 10.0. The van der Waals surface area contributed by atoms with Crippen LogP contribution in [-0.4, -0.2) is 70.2 Å². The molecule has 0 aliphatic carbocycles. The van der Waals surface area contributed by atoms with E-state index in [1.54, 1.807) is 16.9 Å². The van der Waals surface area contributed by atoms with Gasteiger partial charge in [0.25, 0.3) is 5.91 Å². The molecule has 2 aliphatic heterocycles. The molecule has 1 atom stereocenters. The number of piperazine rings is 1. The molecule has 0 spiro atoms. The van der Waals surface area contributed by atoms with Gasteiger partial charge in [0.1, 0.15) is 6.26 Å². The fourth-order valence-corrected chi connectivity index (χ4v) is 3.80. The van der Waals surface area contributed by atoms with Gasteiger partial charge >= 0.3 is 0 Å². The number of anilines is 1. The summed E-state index contributed by atoms with van der Waals surface area (Å²) in [6.45, 7) is 3.41. The molecule has 0 N–H and O–H groups in total. The Hall–Kier alpha value is -2.61. The van der Waals surface area contributed by atoms with Crippen LogP contribution in [-0.2, 0) is 11.8 Å². The molecule has 2 aliphatic rings. The minimum atomic E-state index is -0.116. The summed E-state index contributed by atoms with van der Waals surface area (Å²) >= 11 is 0. The van der Waals surface area contributed by atoms with Crippen LogP contribution in [0.5, 0.6) is 0 Å². The van der Waals surface area contributed by atoms with E-state index < -0.39 is 0 Å². The van der Waals surface area contributed by atoms with E-state index in [1.165, 1.54) is 12.5 Å². The zero-order valence-corrected chi connectivity index (χ0v) is 14.9. The number of carbonyl (C=O) groups excluding carboxylic acids is 2. The first-order valence-corrected chi connectivity index (χ1v) is 8.99. The van der Waals surface area contributed by atoms with Crippen molar-refractivity contribution < 1.29 is 14.0 Å². The second kappa shape index (κ2) is 6.95. The number of hydrogen-bond donors (Lipinski definition) is 0. The van der Waals surface area contributed by atoms with Gasteiger partial charge in [-0.1, -0.05) is 0 Å². The highest BCUT2D eigenvalue weighted by atomic mass is 16.3. The second-order valence-corrected chi connectivity index (χ2v) is 6.86. The number of piperidine rings is 1. The Labute approximate surface area is 151 Å². The molecule has 0 bridgehead atoms. The summed E-state index contributed by atoms with van der Waals surface area (Å²) in [4.78, 5) is 31.3. The van der Waals surface area contributed by atoms with Gasteiger partial charge in [-0.2, -0.15) is 5.10 Å². The van der Waals surface area contributed by atoms with Crippen molar-refractivity contribution in [2.24, 2.45) is 7.05 Å². The first-order chi connectivity index (χ1) is 12.6. The number of furan rings is 1. The van der Waals surface area contributed by atoms with Crippen LogP contribution in [0, 0.1) is 0 Å². The minimum Gasteiger partial charge on any atom is -0.472 e. The van der Waals surface area contributed by atoms with Crippen molar-refractivity contribution in [2.45, 2.75) is 18.9 Å². The molecule has 4 heterocycles. The van der Waals surface area contributed by atoms with Gasteiger partial charge in [0.2, 0.25) is 5.91 Å². The summed E-state index contributed by atoms with van der Waals surface area (Å²) in [5.41, 5.74) is 1.44. The van der Waals surface area contributed by atoms with E-state index in [1.807, 2.05) is 23.0 Å². The highest BCUT2D eigenvalue weighted by Crippen LogP contribution is 2.24. The van der Waals surface area contributed by atoms with Gasteiger partial charge < -0.3 is 14.2 Å². The van der Waals surface area contributed by atoms with Crippen LogP contribution in [0.25, 0.3) is 0 Å². The molecule has 2 amide bonds. The molecule has 0 aromatic carbocycles. The van der Waals surface area contributed by atoms with Crippen molar-refractivity contribution in [1.29, 1.82) is 0 Å². The molecule has 0 saturated carbocycles. The normalized spacial score (nSPS) is 22.0. The Morgan fingerprint density at radius 1 is 1.23 bits per heavy atom. The molecule has 8 heteroatoms. The molecule has 26 heavy (non-hydrogen) atoms. The average Bonchev–Trinajstić information content (AvgIpc) is 3.33. The number of aryl methyl sites for hydroxylation is 1. The molecule has 138 valence electrons. The van der Waals surface area contributed by atoms with Crippen molar-refractivity contribution in [1.82, 2.24) is 19.6 Å². The van der Waals surface area contributed by atoms with Gasteiger partial charge in [-0.3, -0.25) is 19.2 Å². The molecule has 2 aromatic rings. The fraction of sp³-hybridized carbons (Fsp3) is 0.500. The van der Waals surface area contributed by atoms with Gasteiger partial charge in [0.15, 0.2) is 0 Å². The largest absolute Gasteiger partial charge is 0.472 e. The number of nitrogens with zero attached hydrogens (tertiary/aromatic N) is 5. The Balaban J connectivity index is 1.39. The zero-order valence-electron chi connectivity index (χ0n) is 14.9. The van der Waals surface area contributed by atoms with E-state index in [0.29, 0.717) is 31.7 Å². The molecule has 2 saturated heterocycles. The van der Waals surface area contributed by atoms with E-state index >= 15 is 0 Å². The Morgan fingerprint density at radius 3 is 2.69 bits per heavy atom. The maximum Gasteiger partial charge on any atom is 0.257 e. The van der Waals surface area contributed by atoms with Crippen LogP contribution >= 0.6 is 0 Å². The highest BCUT2D eigenvalue weighted by molar-refractivity contribution is 5.98. The maximum absolute atomic E-state index is 13.0. The van der Waals surface area contributed by atoms with E-state index in [0.717, 1.165) is 25.1 Å². The lowest BCUT2D eigenvalue weighted by Gasteiger charge is -2.42. The molecule has 4 rings (SSSR count). The Morgan fingerprint density at radius 2 is 2.04 bits per heavy atom. The molecular formula is C18H23N5O3. The summed E-state index contributed by atoms with van der Waals surface area (Å²) in [5.74, 6) is 0.129. The first kappa shape index (κ1) is 16.8. The smallest absolute Gasteiger partial charge is 0.257 e. The van der Waals surface area contributed by atoms with Crippen LogP contribution in [0.1, 0.15) is 23.2 Å². The molecule has 2 fully saturated rings. The van der Waals surface area contributed by atoms with Gasteiger partial charge in [-0.25, -0.2) is 0 Å². The maximum atomic E-state index is 13.0. The van der Waals surface area contributed by atoms with Crippen molar-refractivity contribution in [3.05, 3.63) is 36.5 Å². The summed E-state index contributed by atoms with van der Waals surface area (Å²) < 4.78 is 6.71. The van der Waals surface area contributed by atoms with Crippen molar-refractivity contribution in [3.63, 3.8) is 0 Å². The third kappa shape index (κ3) is 3.12. The topological polar surface area (TPSA) is 74.8 Å². The quantitative estimate of drug-likeness (QED) is 0.818. The first-order valence-electron chi connectivity index (χ1n) is 8.99. The Bertz CT molecular complexity index is 777. The summed E-state index contributed by atoms with van der Waals surface area (Å²) in [7, 11) is 1.85. The van der Waals surface area contributed by atoms with Crippen LogP contribution in [0.2, 0.25) is 0 Å². The summed E-state index contributed by atoms with van der Waals surface area (Å²) in [6, 6.07) is 1.57. The van der Waals surface area contributed by atoms with Crippen molar-refractivity contribution in [2.75, 3.05) is 37.6 Å². The van der Waals surface area contributed by atoms with E-state index in [2.05, 4.69) is 10.00 Å². The SMILES string of the molecule is Cn1cc(N2CCCC(N3CCN(C(=O)c4ccoc4)CC3)C2=O)cn1. The molecule has 2 aromatic heterocycles. The van der Waals surface area contributed by atoms with Crippen molar-refractivity contribution in [3.8, 4) is 0 Å². The monoisotopic (exact) mass is 357 g/mol. The standard InChI is InChI=1S/C18H23N5O3/c1-20-12-15(11-19-20)23-5-2-3-16(18(23)25)21-6-8-22(9-7-21)17(24)14-4-10-26-13-14/h4,10-13,16H,2-3,5-9H2,1H3. The summed E-state index contributed by atoms with van der Waals surface area (Å²) in [6.07, 6.45) is 8.44. The number of carbonyl (C=O) groups is 2.